The van der Waals surface area contributed by atoms with E-state index in [1.54, 1.807) is 26.8 Å². The minimum Gasteiger partial charge on any atom is -0.483 e. The van der Waals surface area contributed by atoms with Gasteiger partial charge >= 0.3 is 6.09 Å². The number of benzene rings is 1. The first kappa shape index (κ1) is 23.7. The molecule has 9 nitrogen and oxygen atoms in total. The Kier molecular flexibility index (Phi) is 6.06. The number of amides is 1. The van der Waals surface area contributed by atoms with Crippen LogP contribution in [0.5, 0.6) is 5.75 Å². The number of ether oxygens (including phenoxy) is 2. The van der Waals surface area contributed by atoms with Gasteiger partial charge in [0.1, 0.15) is 29.6 Å². The number of fused-ring (bicyclic) bond motifs is 2. The van der Waals surface area contributed by atoms with Gasteiger partial charge in [0.15, 0.2) is 15.7 Å². The van der Waals surface area contributed by atoms with E-state index in [1.807, 2.05) is 24.8 Å². The van der Waals surface area contributed by atoms with Gasteiger partial charge in [-0.05, 0) is 52.3 Å². The van der Waals surface area contributed by atoms with Gasteiger partial charge < -0.3 is 14.4 Å². The number of carbonyl (C=O) groups excluding carboxylic acids is 1. The van der Waals surface area contributed by atoms with E-state index in [-0.39, 0.29) is 11.5 Å². The molecule has 0 aliphatic carbocycles. The lowest BCUT2D eigenvalue weighted by atomic mass is 10.1. The number of carbonyl (C=O) groups is 1. The van der Waals surface area contributed by atoms with Crippen molar-refractivity contribution in [2.75, 3.05) is 34.4 Å². The van der Waals surface area contributed by atoms with Gasteiger partial charge in [0.25, 0.3) is 0 Å². The van der Waals surface area contributed by atoms with E-state index in [2.05, 4.69) is 25.9 Å². The van der Waals surface area contributed by atoms with Crippen LogP contribution in [0.3, 0.4) is 0 Å². The van der Waals surface area contributed by atoms with Crippen molar-refractivity contribution in [3.63, 3.8) is 0 Å². The summed E-state index contributed by atoms with van der Waals surface area (Å²) < 4.78 is 36.8. The second-order valence-electron chi connectivity index (χ2n) is 9.22. The summed E-state index contributed by atoms with van der Waals surface area (Å²) in [5.41, 5.74) is 1.22. The van der Waals surface area contributed by atoms with Crippen molar-refractivity contribution in [2.45, 2.75) is 46.3 Å². The van der Waals surface area contributed by atoms with Crippen LogP contribution in [-0.4, -0.2) is 54.7 Å². The average Bonchev–Trinajstić information content (AvgIpc) is 2.81. The Morgan fingerprint density at radius 1 is 1.18 bits per heavy atom. The molecule has 11 heteroatoms. The van der Waals surface area contributed by atoms with Gasteiger partial charge in [0.05, 0.1) is 22.8 Å². The lowest BCUT2D eigenvalue weighted by Crippen LogP contribution is -2.41. The zero-order valence-electron chi connectivity index (χ0n) is 19.3. The van der Waals surface area contributed by atoms with Crippen molar-refractivity contribution in [3.8, 4) is 5.75 Å². The zero-order valence-corrected chi connectivity index (χ0v) is 21.7. The van der Waals surface area contributed by atoms with Crippen LogP contribution in [0.4, 0.5) is 22.1 Å². The Hall–Kier alpha value is -2.40. The van der Waals surface area contributed by atoms with Gasteiger partial charge in [-0.2, -0.15) is 0 Å². The second-order valence-corrected chi connectivity index (χ2v) is 12.4. The fourth-order valence-corrected chi connectivity index (χ4v) is 5.73. The number of hydrogen-bond acceptors (Lipinski definition) is 8. The Morgan fingerprint density at radius 2 is 1.82 bits per heavy atom. The highest BCUT2D eigenvalue weighted by molar-refractivity contribution is 9.10. The minimum atomic E-state index is -3.07. The zero-order chi connectivity index (χ0) is 24.1. The molecule has 3 heterocycles. The van der Waals surface area contributed by atoms with Crippen LogP contribution >= 0.6 is 15.9 Å². The normalized spacial score (nSPS) is 19.8. The Morgan fingerprint density at radius 3 is 2.45 bits per heavy atom. The summed E-state index contributed by atoms with van der Waals surface area (Å²) >= 11 is 3.52. The molecule has 2 aliphatic rings. The number of sulfone groups is 1. The van der Waals surface area contributed by atoms with Gasteiger partial charge in [-0.15, -0.1) is 0 Å². The van der Waals surface area contributed by atoms with Crippen molar-refractivity contribution in [3.05, 3.63) is 34.1 Å². The summed E-state index contributed by atoms with van der Waals surface area (Å²) in [6.07, 6.45) is 0.295. The number of rotatable bonds is 1. The van der Waals surface area contributed by atoms with Crippen LogP contribution in [0.1, 0.15) is 44.9 Å². The van der Waals surface area contributed by atoms with Crippen LogP contribution in [0.2, 0.25) is 0 Å². The molecule has 0 N–H and O–H groups in total. The SMILES string of the molecule is Cc1cc(Br)cc2c1OC(C)c1c(N3CCS(=O)(=O)CC3)ncnc1N2C(=O)OC(C)(C)C. The van der Waals surface area contributed by atoms with Crippen molar-refractivity contribution < 1.29 is 22.7 Å². The summed E-state index contributed by atoms with van der Waals surface area (Å²) in [5, 5.41) is 0. The smallest absolute Gasteiger partial charge is 0.420 e. The van der Waals surface area contributed by atoms with Crippen LogP contribution in [0.25, 0.3) is 0 Å². The molecular formula is C22H27BrN4O5S. The van der Waals surface area contributed by atoms with Gasteiger partial charge in [-0.25, -0.2) is 28.1 Å². The maximum Gasteiger partial charge on any atom is 0.420 e. The first-order valence-corrected chi connectivity index (χ1v) is 13.3. The maximum atomic E-state index is 13.5. The fraction of sp³-hybridized carbons (Fsp3) is 0.500. The summed E-state index contributed by atoms with van der Waals surface area (Å²) in [5.74, 6) is 1.54. The summed E-state index contributed by atoms with van der Waals surface area (Å²) in [6.45, 7) is 9.79. The Bertz CT molecular complexity index is 1200. The molecule has 0 bridgehead atoms. The number of nitrogens with zero attached hydrogens (tertiary/aromatic N) is 4. The largest absolute Gasteiger partial charge is 0.483 e. The second kappa shape index (κ2) is 8.43. The van der Waals surface area contributed by atoms with Gasteiger partial charge in [-0.3, -0.25) is 0 Å². The highest BCUT2D eigenvalue weighted by Gasteiger charge is 2.38. The molecule has 4 rings (SSSR count). The van der Waals surface area contributed by atoms with Gasteiger partial charge in [0.2, 0.25) is 0 Å². The average molecular weight is 539 g/mol. The molecule has 0 saturated carbocycles. The Balaban J connectivity index is 1.90. The minimum absolute atomic E-state index is 0.0447. The lowest BCUT2D eigenvalue weighted by molar-refractivity contribution is 0.0598. The van der Waals surface area contributed by atoms with E-state index in [0.717, 1.165) is 10.0 Å². The molecule has 1 amide bonds. The number of aromatic nitrogens is 2. The molecule has 1 saturated heterocycles. The molecule has 2 aliphatic heterocycles. The summed E-state index contributed by atoms with van der Waals surface area (Å²) in [7, 11) is -3.07. The third kappa shape index (κ3) is 4.79. The molecule has 1 atom stereocenters. The molecule has 33 heavy (non-hydrogen) atoms. The molecule has 0 spiro atoms. The van der Waals surface area contributed by atoms with E-state index < -0.39 is 27.6 Å². The predicted molar refractivity (Wildman–Crippen MR) is 129 cm³/mol. The summed E-state index contributed by atoms with van der Waals surface area (Å²) in [4.78, 5) is 25.8. The van der Waals surface area contributed by atoms with Crippen LogP contribution < -0.4 is 14.5 Å². The summed E-state index contributed by atoms with van der Waals surface area (Å²) in [6, 6.07) is 3.71. The third-order valence-electron chi connectivity index (χ3n) is 5.44. The third-order valence-corrected chi connectivity index (χ3v) is 7.50. The van der Waals surface area contributed by atoms with E-state index in [1.165, 1.54) is 11.2 Å². The monoisotopic (exact) mass is 538 g/mol. The van der Waals surface area contributed by atoms with Gasteiger partial charge in [-0.1, -0.05) is 15.9 Å². The molecule has 1 fully saturated rings. The Labute approximate surface area is 202 Å². The van der Waals surface area contributed by atoms with Crippen LogP contribution in [0.15, 0.2) is 22.9 Å². The van der Waals surface area contributed by atoms with E-state index in [0.29, 0.717) is 41.7 Å². The standard InChI is InChI=1S/C22H27BrN4O5S/c1-13-10-15(23)11-16-18(13)31-14(2)17-19(26-6-8-33(29,30)9-7-26)24-12-25-20(17)27(16)21(28)32-22(3,4)5/h10-12,14H,6-9H2,1-5H3. The van der Waals surface area contributed by atoms with Crippen molar-refractivity contribution in [2.24, 2.45) is 0 Å². The topological polar surface area (TPSA) is 102 Å². The van der Waals surface area contributed by atoms with Crippen molar-refractivity contribution in [1.29, 1.82) is 0 Å². The van der Waals surface area contributed by atoms with E-state index in [4.69, 9.17) is 9.47 Å². The highest BCUT2D eigenvalue weighted by Crippen LogP contribution is 2.48. The van der Waals surface area contributed by atoms with Crippen molar-refractivity contribution in [1.82, 2.24) is 9.97 Å². The first-order chi connectivity index (χ1) is 15.4. The molecule has 1 aromatic heterocycles. The van der Waals surface area contributed by atoms with E-state index in [9.17, 15) is 13.2 Å². The highest BCUT2D eigenvalue weighted by atomic mass is 79.9. The van der Waals surface area contributed by atoms with Crippen molar-refractivity contribution >= 4 is 49.2 Å². The van der Waals surface area contributed by atoms with Gasteiger partial charge in [0, 0.05) is 17.6 Å². The number of anilines is 3. The molecule has 178 valence electrons. The molecular weight excluding hydrogens is 512 g/mol. The molecule has 1 aromatic carbocycles. The first-order valence-electron chi connectivity index (χ1n) is 10.7. The fourth-order valence-electron chi connectivity index (χ4n) is 3.97. The molecule has 1 unspecified atom stereocenters. The molecule has 2 aromatic rings. The maximum absolute atomic E-state index is 13.5. The molecule has 0 radical (unpaired) electrons. The van der Waals surface area contributed by atoms with E-state index >= 15 is 0 Å². The van der Waals surface area contributed by atoms with Crippen LogP contribution in [0, 0.1) is 6.92 Å². The number of halogens is 1. The lowest BCUT2D eigenvalue weighted by Gasteiger charge is -2.31. The number of hydrogen-bond donors (Lipinski definition) is 0. The number of aryl methyl sites for hydroxylation is 1. The quantitative estimate of drug-likeness (QED) is 0.529. The predicted octanol–water partition coefficient (Wildman–Crippen LogP) is 4.31. The van der Waals surface area contributed by atoms with Crippen LogP contribution in [-0.2, 0) is 14.6 Å².